The van der Waals surface area contributed by atoms with Gasteiger partial charge in [0, 0.05) is 5.02 Å². The summed E-state index contributed by atoms with van der Waals surface area (Å²) < 4.78 is 4.46. The van der Waals surface area contributed by atoms with Crippen LogP contribution in [-0.4, -0.2) is 19.6 Å². The number of carbonyl (C=O) groups excluding carboxylic acids is 1. The highest BCUT2D eigenvalue weighted by Gasteiger charge is 2.04. The van der Waals surface area contributed by atoms with Crippen molar-refractivity contribution in [3.05, 3.63) is 28.8 Å². The lowest BCUT2D eigenvalue weighted by Crippen LogP contribution is -2.15. The number of hydrogen-bond acceptors (Lipinski definition) is 4. The second-order valence-electron chi connectivity index (χ2n) is 2.73. The Morgan fingerprint density at radius 1 is 1.67 bits per heavy atom. The largest absolute Gasteiger partial charge is 0.468 e. The van der Waals surface area contributed by atoms with Crippen molar-refractivity contribution in [2.75, 3.05) is 19.0 Å². The minimum absolute atomic E-state index is 0.0206. The van der Waals surface area contributed by atoms with E-state index in [0.29, 0.717) is 16.3 Å². The van der Waals surface area contributed by atoms with Gasteiger partial charge in [0.15, 0.2) is 0 Å². The van der Waals surface area contributed by atoms with Gasteiger partial charge in [-0.15, -0.1) is 0 Å². The Kier molecular flexibility index (Phi) is 3.95. The molecule has 0 aromatic heterocycles. The van der Waals surface area contributed by atoms with Crippen molar-refractivity contribution in [2.45, 2.75) is 0 Å². The first-order valence-electron chi connectivity index (χ1n) is 4.17. The molecule has 4 nitrogen and oxygen atoms in total. The Hall–Kier alpha value is -1.73. The van der Waals surface area contributed by atoms with Gasteiger partial charge in [-0.1, -0.05) is 11.6 Å². The lowest BCUT2D eigenvalue weighted by atomic mass is 10.2. The number of rotatable bonds is 3. The van der Waals surface area contributed by atoms with Crippen LogP contribution in [0.15, 0.2) is 18.2 Å². The number of ether oxygens (including phenoxy) is 1. The van der Waals surface area contributed by atoms with Gasteiger partial charge in [0.2, 0.25) is 0 Å². The van der Waals surface area contributed by atoms with E-state index in [0.717, 1.165) is 0 Å². The van der Waals surface area contributed by atoms with E-state index in [2.05, 4.69) is 10.1 Å². The molecule has 0 amide bonds. The lowest BCUT2D eigenvalue weighted by Gasteiger charge is -2.06. The zero-order valence-electron chi connectivity index (χ0n) is 8.08. The topological polar surface area (TPSA) is 62.1 Å². The molecule has 5 heteroatoms. The maximum Gasteiger partial charge on any atom is 0.325 e. The van der Waals surface area contributed by atoms with E-state index in [4.69, 9.17) is 16.9 Å². The fourth-order valence-electron chi connectivity index (χ4n) is 1.00. The standard InChI is InChI=1S/C10H9ClN2O2/c1-15-10(14)6-13-9-3-2-8(11)4-7(9)5-12/h2-4,13H,6H2,1H3. The number of anilines is 1. The van der Waals surface area contributed by atoms with Crippen LogP contribution in [0.5, 0.6) is 0 Å². The molecular formula is C10H9ClN2O2. The molecule has 15 heavy (non-hydrogen) atoms. The lowest BCUT2D eigenvalue weighted by molar-refractivity contribution is -0.138. The van der Waals surface area contributed by atoms with Gasteiger partial charge in [-0.3, -0.25) is 4.79 Å². The Morgan fingerprint density at radius 2 is 2.40 bits per heavy atom. The van der Waals surface area contributed by atoms with Gasteiger partial charge < -0.3 is 10.1 Å². The van der Waals surface area contributed by atoms with Crippen LogP contribution in [0.4, 0.5) is 5.69 Å². The van der Waals surface area contributed by atoms with Crippen molar-refractivity contribution < 1.29 is 9.53 Å². The monoisotopic (exact) mass is 224 g/mol. The fraction of sp³-hybridized carbons (Fsp3) is 0.200. The van der Waals surface area contributed by atoms with Crippen LogP contribution in [-0.2, 0) is 9.53 Å². The van der Waals surface area contributed by atoms with E-state index in [9.17, 15) is 4.79 Å². The molecule has 78 valence electrons. The van der Waals surface area contributed by atoms with Crippen LogP contribution in [0, 0.1) is 11.3 Å². The molecule has 0 bridgehead atoms. The van der Waals surface area contributed by atoms with E-state index in [1.165, 1.54) is 13.2 Å². The molecule has 0 atom stereocenters. The summed E-state index contributed by atoms with van der Waals surface area (Å²) in [6.45, 7) is 0.0206. The number of nitrogens with zero attached hydrogens (tertiary/aromatic N) is 1. The number of esters is 1. The molecule has 0 heterocycles. The van der Waals surface area contributed by atoms with Crippen LogP contribution in [0.1, 0.15) is 5.56 Å². The summed E-state index contributed by atoms with van der Waals surface area (Å²) >= 11 is 5.72. The first-order valence-corrected chi connectivity index (χ1v) is 4.55. The summed E-state index contributed by atoms with van der Waals surface area (Å²) in [6.07, 6.45) is 0. The number of halogens is 1. The quantitative estimate of drug-likeness (QED) is 0.796. The van der Waals surface area contributed by atoms with E-state index >= 15 is 0 Å². The molecule has 1 aromatic carbocycles. The predicted molar refractivity (Wildman–Crippen MR) is 56.7 cm³/mol. The third-order valence-electron chi connectivity index (χ3n) is 1.75. The van der Waals surface area contributed by atoms with E-state index < -0.39 is 5.97 Å². The summed E-state index contributed by atoms with van der Waals surface area (Å²) in [5.74, 6) is -0.395. The number of methoxy groups -OCH3 is 1. The SMILES string of the molecule is COC(=O)CNc1ccc(Cl)cc1C#N. The third kappa shape index (κ3) is 3.15. The molecule has 1 rings (SSSR count). The van der Waals surface area contributed by atoms with Crippen LogP contribution in [0.25, 0.3) is 0 Å². The van der Waals surface area contributed by atoms with Crippen molar-refractivity contribution in [3.8, 4) is 6.07 Å². The highest BCUT2D eigenvalue weighted by atomic mass is 35.5. The molecule has 0 aliphatic heterocycles. The molecule has 0 saturated heterocycles. The summed E-state index contributed by atoms with van der Waals surface area (Å²) in [4.78, 5) is 10.9. The Balaban J connectivity index is 2.77. The third-order valence-corrected chi connectivity index (χ3v) is 1.99. The molecule has 0 spiro atoms. The molecule has 0 saturated carbocycles. The summed E-state index contributed by atoms with van der Waals surface area (Å²) in [6, 6.07) is 6.79. The average molecular weight is 225 g/mol. The number of hydrogen-bond donors (Lipinski definition) is 1. The maximum atomic E-state index is 10.9. The molecule has 0 aliphatic carbocycles. The van der Waals surface area contributed by atoms with E-state index in [1.807, 2.05) is 6.07 Å². The van der Waals surface area contributed by atoms with Crippen molar-refractivity contribution in [2.24, 2.45) is 0 Å². The minimum Gasteiger partial charge on any atom is -0.468 e. The van der Waals surface area contributed by atoms with Crippen molar-refractivity contribution in [3.63, 3.8) is 0 Å². The molecule has 0 aliphatic rings. The van der Waals surface area contributed by atoms with Crippen molar-refractivity contribution in [1.82, 2.24) is 0 Å². The number of nitriles is 1. The van der Waals surface area contributed by atoms with Gasteiger partial charge >= 0.3 is 5.97 Å². The van der Waals surface area contributed by atoms with Crippen LogP contribution in [0.2, 0.25) is 5.02 Å². The highest BCUT2D eigenvalue weighted by Crippen LogP contribution is 2.19. The van der Waals surface area contributed by atoms with Gasteiger partial charge in [-0.05, 0) is 18.2 Å². The molecule has 1 N–H and O–H groups in total. The van der Waals surface area contributed by atoms with Crippen molar-refractivity contribution >= 4 is 23.3 Å². The van der Waals surface area contributed by atoms with Crippen LogP contribution < -0.4 is 5.32 Å². The predicted octanol–water partition coefficient (Wildman–Crippen LogP) is 1.80. The van der Waals surface area contributed by atoms with Crippen LogP contribution in [0.3, 0.4) is 0 Å². The Morgan fingerprint density at radius 3 is 3.00 bits per heavy atom. The second-order valence-corrected chi connectivity index (χ2v) is 3.17. The molecule has 0 fully saturated rings. The van der Waals surface area contributed by atoms with E-state index in [1.54, 1.807) is 12.1 Å². The van der Waals surface area contributed by atoms with Gasteiger partial charge in [0.05, 0.1) is 18.4 Å². The number of nitrogens with one attached hydrogen (secondary N) is 1. The van der Waals surface area contributed by atoms with Gasteiger partial charge in [0.1, 0.15) is 12.6 Å². The second kappa shape index (κ2) is 5.23. The number of benzene rings is 1. The molecule has 0 unspecified atom stereocenters. The fourth-order valence-corrected chi connectivity index (χ4v) is 1.17. The summed E-state index contributed by atoms with van der Waals surface area (Å²) in [7, 11) is 1.30. The summed E-state index contributed by atoms with van der Waals surface area (Å²) in [5, 5.41) is 12.1. The smallest absolute Gasteiger partial charge is 0.325 e. The highest BCUT2D eigenvalue weighted by molar-refractivity contribution is 6.30. The molecule has 0 radical (unpaired) electrons. The zero-order valence-corrected chi connectivity index (χ0v) is 8.84. The first kappa shape index (κ1) is 11.3. The maximum absolute atomic E-state index is 10.9. The van der Waals surface area contributed by atoms with Crippen molar-refractivity contribution in [1.29, 1.82) is 5.26 Å². The first-order chi connectivity index (χ1) is 7.17. The minimum atomic E-state index is -0.395. The average Bonchev–Trinajstić information content (AvgIpc) is 2.26. The summed E-state index contributed by atoms with van der Waals surface area (Å²) in [5.41, 5.74) is 0.957. The zero-order chi connectivity index (χ0) is 11.3. The van der Waals surface area contributed by atoms with E-state index in [-0.39, 0.29) is 6.54 Å². The Labute approximate surface area is 92.4 Å². The van der Waals surface area contributed by atoms with Gasteiger partial charge in [0.25, 0.3) is 0 Å². The molecular weight excluding hydrogens is 216 g/mol. The Bertz CT molecular complexity index is 412. The number of carbonyl (C=O) groups is 1. The van der Waals surface area contributed by atoms with Gasteiger partial charge in [-0.25, -0.2) is 0 Å². The molecule has 1 aromatic rings. The van der Waals surface area contributed by atoms with Crippen LogP contribution >= 0.6 is 11.6 Å². The normalized spacial score (nSPS) is 9.13. The van der Waals surface area contributed by atoms with Gasteiger partial charge in [-0.2, -0.15) is 5.26 Å².